The molecular formula is C29H33N5O7. The molecular weight excluding hydrogens is 530 g/mol. The van der Waals surface area contributed by atoms with Gasteiger partial charge in [0, 0.05) is 24.9 Å². The molecule has 0 amide bonds. The van der Waals surface area contributed by atoms with Gasteiger partial charge in [-0.15, -0.1) is 4.99 Å². The first-order chi connectivity index (χ1) is 20.1. The third kappa shape index (κ3) is 6.92. The maximum Gasteiger partial charge on any atom is 0.341 e. The van der Waals surface area contributed by atoms with Gasteiger partial charge >= 0.3 is 5.97 Å². The van der Waals surface area contributed by atoms with Crippen LogP contribution in [0.2, 0.25) is 0 Å². The molecule has 216 valence electrons. The number of esters is 1. The highest BCUT2D eigenvalue weighted by Gasteiger charge is 2.28. The first-order valence-corrected chi connectivity index (χ1v) is 13.3. The van der Waals surface area contributed by atoms with Crippen molar-refractivity contribution in [1.82, 2.24) is 20.4 Å². The van der Waals surface area contributed by atoms with E-state index >= 15 is 0 Å². The number of pyridine rings is 1. The lowest BCUT2D eigenvalue weighted by Gasteiger charge is -2.35. The van der Waals surface area contributed by atoms with Crippen LogP contribution >= 0.6 is 0 Å². The Labute approximate surface area is 237 Å². The van der Waals surface area contributed by atoms with E-state index in [9.17, 15) is 4.79 Å². The number of anilines is 1. The summed E-state index contributed by atoms with van der Waals surface area (Å²) in [5.41, 5.74) is 6.20. The van der Waals surface area contributed by atoms with E-state index in [1.165, 1.54) is 0 Å². The number of carbonyl (C=O) groups excluding carboxylic acids is 1. The molecule has 1 aliphatic rings. The quantitative estimate of drug-likeness (QED) is 0.118. The van der Waals surface area contributed by atoms with Gasteiger partial charge in [0.1, 0.15) is 29.8 Å². The van der Waals surface area contributed by atoms with Crippen LogP contribution in [0.1, 0.15) is 28.4 Å². The number of aryl methyl sites for hydroxylation is 1. The fourth-order valence-corrected chi connectivity index (χ4v) is 4.56. The molecule has 0 spiro atoms. The number of hydrogen-bond donors (Lipinski definition) is 1. The van der Waals surface area contributed by atoms with E-state index < -0.39 is 5.97 Å². The van der Waals surface area contributed by atoms with Crippen LogP contribution in [-0.4, -0.2) is 66.9 Å². The normalized spacial score (nSPS) is 15.2. The van der Waals surface area contributed by atoms with Gasteiger partial charge < -0.3 is 23.9 Å². The lowest BCUT2D eigenvalue weighted by molar-refractivity contribution is -0.388. The Kier molecular flexibility index (Phi) is 9.26. The number of hydrogen-bond acceptors (Lipinski definition) is 11. The van der Waals surface area contributed by atoms with Crippen molar-refractivity contribution in [2.24, 2.45) is 0 Å². The molecule has 0 aliphatic carbocycles. The molecule has 0 saturated carbocycles. The molecule has 1 unspecified atom stereocenters. The summed E-state index contributed by atoms with van der Waals surface area (Å²) in [6, 6.07) is 15.2. The molecule has 0 radical (unpaired) electrons. The minimum absolute atomic E-state index is 0.125. The number of rotatable bonds is 12. The molecule has 3 heterocycles. The van der Waals surface area contributed by atoms with E-state index in [0.29, 0.717) is 48.9 Å². The topological polar surface area (TPSA) is 118 Å². The summed E-state index contributed by atoms with van der Waals surface area (Å²) in [7, 11) is 1.63. The first kappa shape index (κ1) is 28.3. The van der Waals surface area contributed by atoms with Gasteiger partial charge in [-0.3, -0.25) is 0 Å². The van der Waals surface area contributed by atoms with E-state index in [-0.39, 0.29) is 19.3 Å². The van der Waals surface area contributed by atoms with Crippen LogP contribution in [0, 0.1) is 6.92 Å². The number of morpholine rings is 1. The molecule has 12 nitrogen and oxygen atoms in total. The molecule has 41 heavy (non-hydrogen) atoms. The Morgan fingerprint density at radius 2 is 1.88 bits per heavy atom. The highest BCUT2D eigenvalue weighted by Crippen LogP contribution is 2.32. The standard InChI is InChI=1S/C29H33N5O7/c1-4-37-29(35)26-15-30-28-25(16-31-34(28)17-21-7-11-22(36-3)12-8-21)27(26)33-13-14-38-24(18-33)19-39-41-32-40-23-9-5-20(2)6-10-23/h5-12,15-16,24,32H,4,13-14,17-19H2,1-3H3. The Bertz CT molecular complexity index is 1440. The molecule has 1 aliphatic heterocycles. The number of fused-ring (bicyclic) bond motifs is 1. The predicted molar refractivity (Wildman–Crippen MR) is 150 cm³/mol. The molecule has 5 rings (SSSR count). The third-order valence-electron chi connectivity index (χ3n) is 6.61. The fraction of sp³-hybridized carbons (Fsp3) is 0.345. The summed E-state index contributed by atoms with van der Waals surface area (Å²) in [6.45, 7) is 6.07. The largest absolute Gasteiger partial charge is 0.497 e. The zero-order valence-corrected chi connectivity index (χ0v) is 23.2. The van der Waals surface area contributed by atoms with Crippen molar-refractivity contribution in [1.29, 1.82) is 0 Å². The van der Waals surface area contributed by atoms with Gasteiger partial charge in [-0.05, 0) is 43.7 Å². The van der Waals surface area contributed by atoms with Crippen LogP contribution in [0.25, 0.3) is 11.0 Å². The van der Waals surface area contributed by atoms with Gasteiger partial charge in [0.25, 0.3) is 0 Å². The molecule has 1 saturated heterocycles. The van der Waals surface area contributed by atoms with Gasteiger partial charge in [0.15, 0.2) is 5.65 Å². The molecule has 2 aromatic carbocycles. The molecule has 1 fully saturated rings. The van der Waals surface area contributed by atoms with Crippen molar-refractivity contribution in [3.63, 3.8) is 0 Å². The zero-order chi connectivity index (χ0) is 28.6. The highest BCUT2D eigenvalue weighted by molar-refractivity contribution is 6.04. The summed E-state index contributed by atoms with van der Waals surface area (Å²) in [5, 5.41) is 5.35. The number of ether oxygens (including phenoxy) is 3. The van der Waals surface area contributed by atoms with Crippen molar-refractivity contribution < 1.29 is 33.7 Å². The minimum Gasteiger partial charge on any atom is -0.497 e. The van der Waals surface area contributed by atoms with Crippen molar-refractivity contribution in [3.05, 3.63) is 77.6 Å². The van der Waals surface area contributed by atoms with Gasteiger partial charge in [0.05, 0.1) is 44.1 Å². The minimum atomic E-state index is -0.445. The third-order valence-corrected chi connectivity index (χ3v) is 6.61. The summed E-state index contributed by atoms with van der Waals surface area (Å²) in [6.07, 6.45) is 2.95. The number of nitrogens with one attached hydrogen (secondary N) is 1. The van der Waals surface area contributed by atoms with Crippen molar-refractivity contribution >= 4 is 22.7 Å². The SMILES string of the molecule is CCOC(=O)c1cnc2c(cnn2Cc2ccc(OC)cc2)c1N1CCOC(COONOc2ccc(C)cc2)C1. The Morgan fingerprint density at radius 3 is 2.63 bits per heavy atom. The van der Waals surface area contributed by atoms with Crippen LogP contribution in [0.15, 0.2) is 60.9 Å². The van der Waals surface area contributed by atoms with E-state index in [0.717, 1.165) is 22.3 Å². The second kappa shape index (κ2) is 13.4. The highest BCUT2D eigenvalue weighted by atomic mass is 17.3. The van der Waals surface area contributed by atoms with Crippen molar-refractivity contribution in [2.45, 2.75) is 26.5 Å². The van der Waals surface area contributed by atoms with Gasteiger partial charge in [0.2, 0.25) is 0 Å². The fourth-order valence-electron chi connectivity index (χ4n) is 4.56. The number of benzene rings is 2. The number of carbonyl (C=O) groups is 1. The Balaban J connectivity index is 1.29. The molecule has 0 bridgehead atoms. The maximum absolute atomic E-state index is 12.9. The lowest BCUT2D eigenvalue weighted by Crippen LogP contribution is -2.45. The van der Waals surface area contributed by atoms with Crippen LogP contribution in [-0.2, 0) is 25.9 Å². The lowest BCUT2D eigenvalue weighted by atomic mass is 10.1. The smallest absolute Gasteiger partial charge is 0.341 e. The molecule has 4 aromatic rings. The number of aromatic nitrogens is 3. The molecule has 1 atom stereocenters. The van der Waals surface area contributed by atoms with Crippen LogP contribution in [0.4, 0.5) is 5.69 Å². The van der Waals surface area contributed by atoms with Crippen LogP contribution in [0.3, 0.4) is 0 Å². The summed E-state index contributed by atoms with van der Waals surface area (Å²) in [5.74, 6) is 0.921. The Morgan fingerprint density at radius 1 is 1.10 bits per heavy atom. The maximum atomic E-state index is 12.9. The Hall–Kier alpha value is -4.23. The van der Waals surface area contributed by atoms with Crippen LogP contribution < -0.4 is 20.1 Å². The summed E-state index contributed by atoms with van der Waals surface area (Å²) >= 11 is 0. The van der Waals surface area contributed by atoms with E-state index in [2.05, 4.69) is 20.6 Å². The van der Waals surface area contributed by atoms with Gasteiger partial charge in [-0.1, -0.05) is 29.8 Å². The van der Waals surface area contributed by atoms with Gasteiger partial charge in [-0.25, -0.2) is 19.3 Å². The summed E-state index contributed by atoms with van der Waals surface area (Å²) < 4.78 is 18.3. The molecule has 12 heteroatoms. The molecule has 2 aromatic heterocycles. The summed E-state index contributed by atoms with van der Waals surface area (Å²) in [4.78, 5) is 35.2. The second-order valence-corrected chi connectivity index (χ2v) is 9.43. The average molecular weight is 564 g/mol. The van der Waals surface area contributed by atoms with E-state index in [4.69, 9.17) is 28.9 Å². The monoisotopic (exact) mass is 563 g/mol. The van der Waals surface area contributed by atoms with Crippen molar-refractivity contribution in [3.8, 4) is 11.5 Å². The van der Waals surface area contributed by atoms with Crippen molar-refractivity contribution in [2.75, 3.05) is 44.9 Å². The van der Waals surface area contributed by atoms with Gasteiger partial charge in [-0.2, -0.15) is 5.10 Å². The second-order valence-electron chi connectivity index (χ2n) is 9.43. The zero-order valence-electron chi connectivity index (χ0n) is 23.2. The van der Waals surface area contributed by atoms with E-state index in [1.807, 2.05) is 60.1 Å². The number of nitrogens with zero attached hydrogens (tertiary/aromatic N) is 4. The average Bonchev–Trinajstić information content (AvgIpc) is 3.40. The van der Waals surface area contributed by atoms with E-state index in [1.54, 1.807) is 26.4 Å². The number of methoxy groups -OCH3 is 1. The van der Waals surface area contributed by atoms with Crippen LogP contribution in [0.5, 0.6) is 11.5 Å². The molecule has 1 N–H and O–H groups in total. The predicted octanol–water partition coefficient (Wildman–Crippen LogP) is 3.63. The first-order valence-electron chi connectivity index (χ1n) is 13.3.